The van der Waals surface area contributed by atoms with E-state index in [2.05, 4.69) is 15.5 Å². The van der Waals surface area contributed by atoms with E-state index < -0.39 is 9.84 Å². The number of hydrogen-bond acceptors (Lipinski definition) is 4. The zero-order valence-electron chi connectivity index (χ0n) is 16.6. The Morgan fingerprint density at radius 2 is 1.83 bits per heavy atom. The van der Waals surface area contributed by atoms with Gasteiger partial charge >= 0.3 is 0 Å². The Bertz CT molecular complexity index is 1360. The Labute approximate surface area is 174 Å². The molecular formula is C23H21N3O3S. The molecule has 4 aromatic rings. The van der Waals surface area contributed by atoms with Crippen molar-refractivity contribution in [2.24, 2.45) is 0 Å². The van der Waals surface area contributed by atoms with Gasteiger partial charge in [-0.25, -0.2) is 8.42 Å². The summed E-state index contributed by atoms with van der Waals surface area (Å²) in [6.45, 7) is 1.98. The highest BCUT2D eigenvalue weighted by atomic mass is 32.2. The molecule has 0 aliphatic carbocycles. The van der Waals surface area contributed by atoms with Gasteiger partial charge in [0.2, 0.25) is 5.91 Å². The van der Waals surface area contributed by atoms with Crippen molar-refractivity contribution in [3.05, 3.63) is 77.9 Å². The third-order valence-corrected chi connectivity index (χ3v) is 6.10. The van der Waals surface area contributed by atoms with Gasteiger partial charge in [-0.2, -0.15) is 5.10 Å². The highest BCUT2D eigenvalue weighted by molar-refractivity contribution is 7.90. The van der Waals surface area contributed by atoms with E-state index in [-0.39, 0.29) is 10.8 Å². The van der Waals surface area contributed by atoms with Crippen LogP contribution in [-0.2, 0) is 21.1 Å². The molecule has 7 heteroatoms. The van der Waals surface area contributed by atoms with Crippen LogP contribution < -0.4 is 5.32 Å². The number of benzene rings is 3. The molecule has 0 aliphatic heterocycles. The first-order valence-electron chi connectivity index (χ1n) is 9.44. The van der Waals surface area contributed by atoms with Crippen molar-refractivity contribution in [3.8, 4) is 11.3 Å². The number of carbonyl (C=O) groups is 1. The molecule has 0 bridgehead atoms. The van der Waals surface area contributed by atoms with Crippen molar-refractivity contribution in [3.63, 3.8) is 0 Å². The molecule has 1 heterocycles. The maximum atomic E-state index is 12.5. The minimum Gasteiger partial charge on any atom is -0.326 e. The number of carbonyl (C=O) groups excluding carboxylic acids is 1. The minimum absolute atomic E-state index is 0.104. The molecule has 4 rings (SSSR count). The number of H-pyrrole nitrogens is 1. The molecule has 152 valence electrons. The first-order valence-corrected chi connectivity index (χ1v) is 11.3. The molecule has 3 aromatic carbocycles. The summed E-state index contributed by atoms with van der Waals surface area (Å²) in [5.74, 6) is -0.104. The maximum absolute atomic E-state index is 12.5. The number of amides is 1. The minimum atomic E-state index is -3.32. The topological polar surface area (TPSA) is 91.9 Å². The lowest BCUT2D eigenvalue weighted by Crippen LogP contribution is -2.14. The van der Waals surface area contributed by atoms with E-state index in [1.54, 1.807) is 18.2 Å². The normalized spacial score (nSPS) is 11.5. The monoisotopic (exact) mass is 419 g/mol. The van der Waals surface area contributed by atoms with Gasteiger partial charge in [0, 0.05) is 22.9 Å². The van der Waals surface area contributed by atoms with E-state index in [0.29, 0.717) is 23.4 Å². The predicted molar refractivity (Wildman–Crippen MR) is 118 cm³/mol. The molecule has 0 saturated heterocycles. The van der Waals surface area contributed by atoms with Crippen LogP contribution in [0.1, 0.15) is 11.1 Å². The number of aryl methyl sites for hydroxylation is 1. The molecule has 30 heavy (non-hydrogen) atoms. The fraction of sp³-hybridized carbons (Fsp3) is 0.130. The van der Waals surface area contributed by atoms with Crippen LogP contribution in [0.25, 0.3) is 22.2 Å². The highest BCUT2D eigenvalue weighted by Gasteiger charge is 2.14. The van der Waals surface area contributed by atoms with Gasteiger partial charge in [-0.15, -0.1) is 0 Å². The van der Waals surface area contributed by atoms with Gasteiger partial charge in [0.25, 0.3) is 0 Å². The van der Waals surface area contributed by atoms with Crippen LogP contribution in [0, 0.1) is 6.92 Å². The van der Waals surface area contributed by atoms with E-state index in [1.807, 2.05) is 55.5 Å². The molecule has 1 aromatic heterocycles. The van der Waals surface area contributed by atoms with Gasteiger partial charge in [0.05, 0.1) is 16.8 Å². The Kier molecular flexibility index (Phi) is 5.13. The molecule has 1 amide bonds. The average Bonchev–Trinajstić information content (AvgIpc) is 3.12. The second-order valence-corrected chi connectivity index (χ2v) is 9.30. The molecule has 0 unspecified atom stereocenters. The lowest BCUT2D eigenvalue weighted by molar-refractivity contribution is -0.115. The summed E-state index contributed by atoms with van der Waals surface area (Å²) in [6, 6.07) is 20.0. The summed E-state index contributed by atoms with van der Waals surface area (Å²) in [5, 5.41) is 11.1. The quantitative estimate of drug-likeness (QED) is 0.509. The number of rotatable bonds is 5. The molecule has 6 nitrogen and oxygen atoms in total. The largest absolute Gasteiger partial charge is 0.326 e. The number of sulfone groups is 1. The fourth-order valence-electron chi connectivity index (χ4n) is 3.37. The number of nitrogens with zero attached hydrogens (tertiary/aromatic N) is 1. The van der Waals surface area contributed by atoms with Gasteiger partial charge in [-0.3, -0.25) is 9.89 Å². The lowest BCUT2D eigenvalue weighted by Gasteiger charge is -2.08. The maximum Gasteiger partial charge on any atom is 0.228 e. The second kappa shape index (κ2) is 7.76. The van der Waals surface area contributed by atoms with Gasteiger partial charge in [0.1, 0.15) is 5.69 Å². The van der Waals surface area contributed by atoms with Crippen molar-refractivity contribution in [1.29, 1.82) is 0 Å². The third kappa shape index (κ3) is 4.11. The van der Waals surface area contributed by atoms with E-state index in [0.717, 1.165) is 22.0 Å². The van der Waals surface area contributed by atoms with E-state index in [4.69, 9.17) is 0 Å². The van der Waals surface area contributed by atoms with E-state index in [9.17, 15) is 13.2 Å². The SMILES string of the molecule is Cc1ccccc1CC(=O)Nc1ccc2[nH]nc(-c3cccc(S(C)(=O)=O)c3)c2c1. The van der Waals surface area contributed by atoms with Gasteiger partial charge < -0.3 is 5.32 Å². The Hall–Kier alpha value is -3.45. The second-order valence-electron chi connectivity index (χ2n) is 7.28. The van der Waals surface area contributed by atoms with Gasteiger partial charge in [0.15, 0.2) is 9.84 Å². The Morgan fingerprint density at radius 3 is 2.60 bits per heavy atom. The van der Waals surface area contributed by atoms with Crippen LogP contribution in [0.5, 0.6) is 0 Å². The predicted octanol–water partition coefficient (Wildman–Crippen LogP) is 4.12. The first kappa shape index (κ1) is 19.8. The Morgan fingerprint density at radius 1 is 1.03 bits per heavy atom. The average molecular weight is 420 g/mol. The smallest absolute Gasteiger partial charge is 0.228 e. The van der Waals surface area contributed by atoms with Crippen LogP contribution >= 0.6 is 0 Å². The van der Waals surface area contributed by atoms with Crippen molar-refractivity contribution in [2.45, 2.75) is 18.2 Å². The van der Waals surface area contributed by atoms with Crippen molar-refractivity contribution < 1.29 is 13.2 Å². The number of aromatic nitrogens is 2. The van der Waals surface area contributed by atoms with E-state index in [1.165, 1.54) is 6.26 Å². The van der Waals surface area contributed by atoms with Crippen LogP contribution in [-0.4, -0.2) is 30.8 Å². The zero-order chi connectivity index (χ0) is 21.3. The number of hydrogen-bond donors (Lipinski definition) is 2. The summed E-state index contributed by atoms with van der Waals surface area (Å²) in [5.41, 5.74) is 4.83. The molecule has 0 atom stereocenters. The molecule has 0 fully saturated rings. The lowest BCUT2D eigenvalue weighted by atomic mass is 10.1. The molecule has 0 radical (unpaired) electrons. The molecular weight excluding hydrogens is 398 g/mol. The molecule has 0 spiro atoms. The summed E-state index contributed by atoms with van der Waals surface area (Å²) in [4.78, 5) is 12.8. The highest BCUT2D eigenvalue weighted by Crippen LogP contribution is 2.30. The molecule has 2 N–H and O–H groups in total. The summed E-state index contributed by atoms with van der Waals surface area (Å²) in [6.07, 6.45) is 1.47. The number of anilines is 1. The molecule has 0 aliphatic rings. The fourth-order valence-corrected chi connectivity index (χ4v) is 4.04. The first-order chi connectivity index (χ1) is 14.3. The van der Waals surface area contributed by atoms with Crippen molar-refractivity contribution >= 4 is 32.3 Å². The van der Waals surface area contributed by atoms with Crippen molar-refractivity contribution in [2.75, 3.05) is 11.6 Å². The summed E-state index contributed by atoms with van der Waals surface area (Å²) < 4.78 is 23.8. The standard InChI is InChI=1S/C23H21N3O3S/c1-15-6-3-4-7-16(15)13-22(27)24-18-10-11-21-20(14-18)23(26-25-21)17-8-5-9-19(12-17)30(2,28)29/h3-12,14H,13H2,1-2H3,(H,24,27)(H,25,26). The van der Waals surface area contributed by atoms with Crippen LogP contribution in [0.4, 0.5) is 5.69 Å². The third-order valence-electron chi connectivity index (χ3n) is 4.99. The zero-order valence-corrected chi connectivity index (χ0v) is 17.5. The number of aromatic amines is 1. The molecule has 0 saturated carbocycles. The van der Waals surface area contributed by atoms with Crippen LogP contribution in [0.2, 0.25) is 0 Å². The van der Waals surface area contributed by atoms with Crippen LogP contribution in [0.3, 0.4) is 0 Å². The number of nitrogens with one attached hydrogen (secondary N) is 2. The van der Waals surface area contributed by atoms with Crippen LogP contribution in [0.15, 0.2) is 71.6 Å². The summed E-state index contributed by atoms with van der Waals surface area (Å²) >= 11 is 0. The van der Waals surface area contributed by atoms with E-state index >= 15 is 0 Å². The van der Waals surface area contributed by atoms with Crippen molar-refractivity contribution in [1.82, 2.24) is 10.2 Å². The van der Waals surface area contributed by atoms with Gasteiger partial charge in [-0.05, 0) is 48.4 Å². The Balaban J connectivity index is 1.64. The van der Waals surface area contributed by atoms with Gasteiger partial charge in [-0.1, -0.05) is 36.4 Å². The number of fused-ring (bicyclic) bond motifs is 1. The summed E-state index contributed by atoms with van der Waals surface area (Å²) in [7, 11) is -3.32.